The molecule has 0 bridgehead atoms. The van der Waals surface area contributed by atoms with Crippen molar-refractivity contribution >= 4 is 47.6 Å². The van der Waals surface area contributed by atoms with E-state index in [1.54, 1.807) is 110 Å². The zero-order valence-electron chi connectivity index (χ0n) is 27.7. The number of allylic oxidation sites excluding steroid dienone is 1. The molecule has 4 aromatic rings. The summed E-state index contributed by atoms with van der Waals surface area (Å²) in [6.07, 6.45) is -0.275. The van der Waals surface area contributed by atoms with E-state index in [1.165, 1.54) is 12.1 Å². The number of likely N-dealkylation sites (tertiary alicyclic amines) is 1. The van der Waals surface area contributed by atoms with Crippen LogP contribution in [0.3, 0.4) is 0 Å². The van der Waals surface area contributed by atoms with Crippen LogP contribution in [0.5, 0.6) is 5.75 Å². The molecule has 0 aliphatic carbocycles. The van der Waals surface area contributed by atoms with Crippen LogP contribution in [0, 0.1) is 6.92 Å². The highest BCUT2D eigenvalue weighted by atomic mass is 33.1. The van der Waals surface area contributed by atoms with Gasteiger partial charge in [-0.05, 0) is 49.2 Å². The van der Waals surface area contributed by atoms with Crippen molar-refractivity contribution in [3.8, 4) is 5.75 Å². The molecule has 1 aliphatic rings. The number of ether oxygens (including phenoxy) is 2. The molecular formula is C36H34N2O10S3. The van der Waals surface area contributed by atoms with Crippen LogP contribution in [0.25, 0.3) is 0 Å². The van der Waals surface area contributed by atoms with Crippen LogP contribution in [0.4, 0.5) is 0 Å². The molecule has 15 heteroatoms. The zero-order chi connectivity index (χ0) is 36.8. The lowest BCUT2D eigenvalue weighted by molar-refractivity contribution is -0.155. The average molecular weight is 751 g/mol. The Hall–Kier alpha value is -5.12. The fourth-order valence-corrected chi connectivity index (χ4v) is 9.13. The molecule has 2 atom stereocenters. The highest BCUT2D eigenvalue weighted by Gasteiger charge is 2.55. The first kappa shape index (κ1) is 37.1. The van der Waals surface area contributed by atoms with Gasteiger partial charge >= 0.3 is 16.1 Å². The SMILES string of the molecule is CC(OS(C)(=O)=O)=C(C(=O)OC(c1ccccc1)c1ccccc1)N1C(=O)[C@@H](NC(=O)COc2ccccc2)[C@H]1SS(=O)(=O)c1ccc(C)cc1. The fraction of sp³-hybridized carbons (Fsp3) is 0.194. The Kier molecular flexibility index (Phi) is 11.5. The Morgan fingerprint density at radius 3 is 1.88 bits per heavy atom. The lowest BCUT2D eigenvalue weighted by Crippen LogP contribution is -2.70. The van der Waals surface area contributed by atoms with Crippen molar-refractivity contribution in [1.29, 1.82) is 0 Å². The summed E-state index contributed by atoms with van der Waals surface area (Å²) in [6, 6.07) is 30.3. The Labute approximate surface area is 299 Å². The summed E-state index contributed by atoms with van der Waals surface area (Å²) in [5, 5.41) is 1.02. The van der Waals surface area contributed by atoms with Crippen LogP contribution >= 0.6 is 10.8 Å². The van der Waals surface area contributed by atoms with E-state index in [9.17, 15) is 31.2 Å². The van der Waals surface area contributed by atoms with Gasteiger partial charge in [-0.2, -0.15) is 8.42 Å². The van der Waals surface area contributed by atoms with Gasteiger partial charge in [0.25, 0.3) is 11.8 Å². The van der Waals surface area contributed by atoms with Crippen molar-refractivity contribution in [2.75, 3.05) is 12.9 Å². The van der Waals surface area contributed by atoms with Gasteiger partial charge < -0.3 is 19.0 Å². The lowest BCUT2D eigenvalue weighted by Gasteiger charge is -2.46. The van der Waals surface area contributed by atoms with E-state index in [4.69, 9.17) is 13.7 Å². The minimum absolute atomic E-state index is 0.0969. The predicted octanol–water partition coefficient (Wildman–Crippen LogP) is 4.69. The van der Waals surface area contributed by atoms with Crippen LogP contribution in [-0.4, -0.2) is 63.8 Å². The summed E-state index contributed by atoms with van der Waals surface area (Å²) in [5.41, 5.74) is 1.26. The average Bonchev–Trinajstić information content (AvgIpc) is 3.10. The van der Waals surface area contributed by atoms with Crippen LogP contribution in [0.2, 0.25) is 0 Å². The second-order valence-electron chi connectivity index (χ2n) is 11.4. The second-order valence-corrected chi connectivity index (χ2v) is 16.9. The van der Waals surface area contributed by atoms with Crippen molar-refractivity contribution in [2.24, 2.45) is 0 Å². The first-order valence-corrected chi connectivity index (χ1v) is 20.1. The number of carbonyl (C=O) groups excluding carboxylic acids is 3. The molecule has 1 heterocycles. The third-order valence-corrected chi connectivity index (χ3v) is 11.7. The standard InChI is InChI=1S/C36H34N2O10S3/c1-24-19-21-29(22-20-24)51(44,45)49-35-31(37-30(39)23-46-28-17-11-6-12-18-28)34(40)38(35)32(25(2)48-50(3,42)43)36(41)47-33(26-13-7-4-8-14-26)27-15-9-5-10-16-27/h4-22,31,33,35H,23H2,1-3H3,(H,37,39)/t31-,35-/m1/s1. The maximum absolute atomic E-state index is 14.2. The summed E-state index contributed by atoms with van der Waals surface area (Å²) in [6.45, 7) is 2.41. The minimum Gasteiger partial charge on any atom is -0.484 e. The molecule has 1 fully saturated rings. The molecule has 0 spiro atoms. The minimum atomic E-state index is -4.25. The number of esters is 1. The molecule has 4 aromatic carbocycles. The van der Waals surface area contributed by atoms with Crippen molar-refractivity contribution in [3.63, 3.8) is 0 Å². The molecule has 0 radical (unpaired) electrons. The molecule has 1 N–H and O–H groups in total. The van der Waals surface area contributed by atoms with Crippen molar-refractivity contribution < 1.29 is 44.9 Å². The molecule has 5 rings (SSSR count). The second kappa shape index (κ2) is 15.8. The number of benzene rings is 4. The molecule has 51 heavy (non-hydrogen) atoms. The van der Waals surface area contributed by atoms with Crippen LogP contribution < -0.4 is 10.1 Å². The molecule has 12 nitrogen and oxygen atoms in total. The maximum atomic E-state index is 14.2. The highest BCUT2D eigenvalue weighted by Crippen LogP contribution is 2.41. The summed E-state index contributed by atoms with van der Waals surface area (Å²) in [7, 11) is -8.20. The monoisotopic (exact) mass is 750 g/mol. The van der Waals surface area contributed by atoms with Gasteiger partial charge in [0.1, 0.15) is 22.9 Å². The van der Waals surface area contributed by atoms with Gasteiger partial charge in [-0.15, -0.1) is 0 Å². The number of nitrogens with zero attached hydrogens (tertiary/aromatic N) is 1. The molecule has 2 amide bonds. The summed E-state index contributed by atoms with van der Waals surface area (Å²) >= 11 is 0. The van der Waals surface area contributed by atoms with E-state index in [2.05, 4.69) is 5.32 Å². The first-order chi connectivity index (χ1) is 24.2. The van der Waals surface area contributed by atoms with E-state index in [0.717, 1.165) is 23.6 Å². The van der Waals surface area contributed by atoms with Gasteiger partial charge in [-0.1, -0.05) is 96.6 Å². The first-order valence-electron chi connectivity index (χ1n) is 15.4. The number of nitrogens with one attached hydrogen (secondary N) is 1. The fourth-order valence-electron chi connectivity index (χ4n) is 5.13. The number of β-lactam (4-membered cyclic amide) rings is 1. The molecule has 0 unspecified atom stereocenters. The number of aryl methyl sites for hydroxylation is 1. The van der Waals surface area contributed by atoms with E-state index in [-0.39, 0.29) is 4.90 Å². The normalized spacial score (nSPS) is 16.5. The number of amides is 2. The van der Waals surface area contributed by atoms with Crippen LogP contribution in [0.1, 0.15) is 29.7 Å². The molecular weight excluding hydrogens is 717 g/mol. The molecule has 1 aliphatic heterocycles. The van der Waals surface area contributed by atoms with E-state index >= 15 is 0 Å². The van der Waals surface area contributed by atoms with Crippen molar-refractivity contribution in [2.45, 2.75) is 36.3 Å². The third-order valence-electron chi connectivity index (χ3n) is 7.48. The summed E-state index contributed by atoms with van der Waals surface area (Å²) < 4.78 is 68.5. The zero-order valence-corrected chi connectivity index (χ0v) is 30.1. The topological polar surface area (TPSA) is 162 Å². The summed E-state index contributed by atoms with van der Waals surface area (Å²) in [5.74, 6) is -3.02. The largest absolute Gasteiger partial charge is 0.484 e. The Morgan fingerprint density at radius 2 is 1.35 bits per heavy atom. The quantitative estimate of drug-likeness (QED) is 0.0475. The van der Waals surface area contributed by atoms with Crippen molar-refractivity contribution in [1.82, 2.24) is 10.2 Å². The molecule has 0 aromatic heterocycles. The number of para-hydroxylation sites is 1. The van der Waals surface area contributed by atoms with E-state index in [1.807, 2.05) is 0 Å². The van der Waals surface area contributed by atoms with Crippen LogP contribution in [-0.2, 0) is 42.3 Å². The lowest BCUT2D eigenvalue weighted by atomic mass is 10.0. The van der Waals surface area contributed by atoms with E-state index < -0.39 is 72.4 Å². The molecule has 0 saturated carbocycles. The van der Waals surface area contributed by atoms with Gasteiger partial charge in [-0.25, -0.2) is 13.2 Å². The van der Waals surface area contributed by atoms with Gasteiger partial charge in [0, 0.05) is 10.8 Å². The van der Waals surface area contributed by atoms with Gasteiger partial charge in [0.15, 0.2) is 18.4 Å². The smallest absolute Gasteiger partial charge is 0.359 e. The van der Waals surface area contributed by atoms with Gasteiger partial charge in [0.2, 0.25) is 8.87 Å². The van der Waals surface area contributed by atoms with Crippen LogP contribution in [0.15, 0.2) is 132 Å². The van der Waals surface area contributed by atoms with Crippen molar-refractivity contribution in [3.05, 3.63) is 143 Å². The van der Waals surface area contributed by atoms with Gasteiger partial charge in [0.05, 0.1) is 11.2 Å². The number of rotatable bonds is 14. The number of hydrogen-bond acceptors (Lipinski definition) is 11. The van der Waals surface area contributed by atoms with Gasteiger partial charge in [-0.3, -0.25) is 14.5 Å². The molecule has 266 valence electrons. The Morgan fingerprint density at radius 1 is 0.824 bits per heavy atom. The van der Waals surface area contributed by atoms with E-state index in [0.29, 0.717) is 27.7 Å². The predicted molar refractivity (Wildman–Crippen MR) is 190 cm³/mol. The Balaban J connectivity index is 1.53. The summed E-state index contributed by atoms with van der Waals surface area (Å²) in [4.78, 5) is 41.8. The maximum Gasteiger partial charge on any atom is 0.359 e. The highest BCUT2D eigenvalue weighted by molar-refractivity contribution is 8.72. The Bertz CT molecular complexity index is 2090. The number of hydrogen-bond donors (Lipinski definition) is 1. The molecule has 1 saturated heterocycles. The third kappa shape index (κ3) is 9.36. The number of carbonyl (C=O) groups is 3.